The van der Waals surface area contributed by atoms with Crippen LogP contribution < -0.4 is 10.1 Å². The van der Waals surface area contributed by atoms with Gasteiger partial charge in [0.1, 0.15) is 5.75 Å². The maximum Gasteiger partial charge on any atom is 0.262 e. The largest absolute Gasteiger partial charge is 0.482 e. The van der Waals surface area contributed by atoms with E-state index >= 15 is 0 Å². The normalized spacial score (nSPS) is 14.7. The monoisotopic (exact) mass is 326 g/mol. The summed E-state index contributed by atoms with van der Waals surface area (Å²) < 4.78 is 5.33. The molecule has 0 spiro atoms. The second kappa shape index (κ2) is 7.47. The number of hydrogen-bond acceptors (Lipinski definition) is 4. The van der Waals surface area contributed by atoms with Gasteiger partial charge in [0.05, 0.1) is 11.8 Å². The highest BCUT2D eigenvalue weighted by Crippen LogP contribution is 2.31. The van der Waals surface area contributed by atoms with Crippen LogP contribution in [0.1, 0.15) is 23.7 Å². The van der Waals surface area contributed by atoms with Crippen molar-refractivity contribution in [1.82, 2.24) is 4.90 Å². The van der Waals surface area contributed by atoms with Crippen molar-refractivity contribution in [3.05, 3.63) is 59.7 Å². The van der Waals surface area contributed by atoms with Gasteiger partial charge in [-0.2, -0.15) is 0 Å². The average Bonchev–Trinajstić information content (AvgIpc) is 2.60. The van der Waals surface area contributed by atoms with Crippen LogP contribution in [0.2, 0.25) is 0 Å². The lowest BCUT2D eigenvalue weighted by Crippen LogP contribution is -2.25. The van der Waals surface area contributed by atoms with E-state index in [4.69, 9.17) is 4.74 Å². The third kappa shape index (κ3) is 4.13. The Bertz CT molecular complexity index is 703. The van der Waals surface area contributed by atoms with E-state index in [1.165, 1.54) is 5.56 Å². The van der Waals surface area contributed by atoms with Gasteiger partial charge in [-0.05, 0) is 36.7 Å². The molecule has 1 aliphatic heterocycles. The number of hydrogen-bond donors (Lipinski definition) is 2. The lowest BCUT2D eigenvalue weighted by atomic mass is 10.0. The zero-order chi connectivity index (χ0) is 16.9. The Morgan fingerprint density at radius 2 is 2.04 bits per heavy atom. The van der Waals surface area contributed by atoms with Gasteiger partial charge < -0.3 is 20.1 Å². The number of aliphatic hydroxyl groups excluding tert-OH is 1. The summed E-state index contributed by atoms with van der Waals surface area (Å²) in [6, 6.07) is 15.7. The maximum absolute atomic E-state index is 11.4. The summed E-state index contributed by atoms with van der Waals surface area (Å²) in [6.07, 6.45) is 0.0454. The van der Waals surface area contributed by atoms with Crippen LogP contribution in [0.15, 0.2) is 48.5 Å². The Labute approximate surface area is 141 Å². The fraction of sp³-hybridized carbons (Fsp3) is 0.316. The van der Waals surface area contributed by atoms with Crippen LogP contribution in [0.4, 0.5) is 5.69 Å². The number of nitrogens with zero attached hydrogens (tertiary/aromatic N) is 1. The first-order valence-corrected chi connectivity index (χ1v) is 8.09. The van der Waals surface area contributed by atoms with Crippen LogP contribution in [0, 0.1) is 0 Å². The van der Waals surface area contributed by atoms with Gasteiger partial charge >= 0.3 is 0 Å². The van der Waals surface area contributed by atoms with Gasteiger partial charge in [0.2, 0.25) is 0 Å². The first kappa shape index (κ1) is 16.5. The van der Waals surface area contributed by atoms with Crippen molar-refractivity contribution in [1.29, 1.82) is 0 Å². The number of benzene rings is 2. The van der Waals surface area contributed by atoms with Crippen molar-refractivity contribution in [3.63, 3.8) is 0 Å². The van der Waals surface area contributed by atoms with Crippen LogP contribution in [0.25, 0.3) is 0 Å². The smallest absolute Gasteiger partial charge is 0.262 e. The van der Waals surface area contributed by atoms with Gasteiger partial charge in [-0.1, -0.05) is 36.4 Å². The molecule has 5 heteroatoms. The Morgan fingerprint density at radius 3 is 2.83 bits per heavy atom. The molecule has 0 aromatic heterocycles. The van der Waals surface area contributed by atoms with Crippen LogP contribution in [0.5, 0.6) is 5.75 Å². The highest BCUT2D eigenvalue weighted by molar-refractivity contribution is 5.95. The minimum absolute atomic E-state index is 0.0409. The number of amides is 1. The molecule has 5 nitrogen and oxygen atoms in total. The molecule has 1 atom stereocenters. The molecule has 0 aliphatic carbocycles. The Balaban J connectivity index is 1.56. The molecule has 24 heavy (non-hydrogen) atoms. The van der Waals surface area contributed by atoms with Crippen LogP contribution >= 0.6 is 0 Å². The average molecular weight is 326 g/mol. The number of carbonyl (C=O) groups excluding carboxylic acids is 1. The number of nitrogens with one attached hydrogen (secondary N) is 1. The van der Waals surface area contributed by atoms with E-state index in [1.807, 2.05) is 31.3 Å². The number of anilines is 1. The van der Waals surface area contributed by atoms with Crippen molar-refractivity contribution in [2.24, 2.45) is 0 Å². The lowest BCUT2D eigenvalue weighted by molar-refractivity contribution is -0.118. The molecule has 2 aromatic rings. The van der Waals surface area contributed by atoms with Gasteiger partial charge in [0, 0.05) is 13.1 Å². The van der Waals surface area contributed by atoms with Gasteiger partial charge in [-0.3, -0.25) is 4.79 Å². The summed E-state index contributed by atoms with van der Waals surface area (Å²) in [6.45, 7) is 1.66. The van der Waals surface area contributed by atoms with Crippen LogP contribution in [-0.2, 0) is 11.3 Å². The molecule has 3 rings (SSSR count). The van der Waals surface area contributed by atoms with Gasteiger partial charge in [0.25, 0.3) is 5.91 Å². The Hall–Kier alpha value is -2.37. The predicted octanol–water partition coefficient (Wildman–Crippen LogP) is 2.57. The first-order chi connectivity index (χ1) is 11.6. The standard InChI is InChI=1S/C19H22N2O3/c1-21(12-14-5-3-2-4-6-14)10-9-17(22)15-7-8-18-16(11-15)20-19(23)13-24-18/h2-8,11,17,22H,9-10,12-13H2,1H3,(H,20,23). The van der Waals surface area contributed by atoms with Crippen molar-refractivity contribution in [2.75, 3.05) is 25.5 Å². The number of aliphatic hydroxyl groups is 1. The zero-order valence-corrected chi connectivity index (χ0v) is 13.7. The third-order valence-corrected chi connectivity index (χ3v) is 4.10. The minimum Gasteiger partial charge on any atom is -0.482 e. The quantitative estimate of drug-likeness (QED) is 0.856. The van der Waals surface area contributed by atoms with Crippen molar-refractivity contribution >= 4 is 11.6 Å². The second-order valence-electron chi connectivity index (χ2n) is 6.12. The van der Waals surface area contributed by atoms with E-state index in [1.54, 1.807) is 12.1 Å². The molecule has 0 bridgehead atoms. The van der Waals surface area contributed by atoms with Crippen molar-refractivity contribution in [3.8, 4) is 5.75 Å². The molecule has 1 heterocycles. The lowest BCUT2D eigenvalue weighted by Gasteiger charge is -2.21. The summed E-state index contributed by atoms with van der Waals surface area (Å²) in [5.41, 5.74) is 2.66. The van der Waals surface area contributed by atoms with E-state index in [9.17, 15) is 9.90 Å². The Kier molecular flexibility index (Phi) is 5.13. The molecule has 1 amide bonds. The topological polar surface area (TPSA) is 61.8 Å². The number of carbonyl (C=O) groups is 1. The van der Waals surface area contributed by atoms with E-state index in [-0.39, 0.29) is 12.5 Å². The highest BCUT2D eigenvalue weighted by atomic mass is 16.5. The summed E-state index contributed by atoms with van der Waals surface area (Å²) in [5, 5.41) is 13.2. The molecule has 0 radical (unpaired) electrons. The summed E-state index contributed by atoms with van der Waals surface area (Å²) in [4.78, 5) is 13.6. The van der Waals surface area contributed by atoms with Gasteiger partial charge in [-0.15, -0.1) is 0 Å². The second-order valence-corrected chi connectivity index (χ2v) is 6.12. The molecule has 0 fully saturated rings. The molecule has 0 saturated carbocycles. The first-order valence-electron chi connectivity index (χ1n) is 8.09. The van der Waals surface area contributed by atoms with E-state index in [0.717, 1.165) is 18.7 Å². The van der Waals surface area contributed by atoms with Gasteiger partial charge in [-0.25, -0.2) is 0 Å². The zero-order valence-electron chi connectivity index (χ0n) is 13.7. The molecular formula is C19H22N2O3. The number of rotatable bonds is 6. The molecule has 1 unspecified atom stereocenters. The maximum atomic E-state index is 11.4. The molecular weight excluding hydrogens is 304 g/mol. The fourth-order valence-electron chi connectivity index (χ4n) is 2.79. The number of fused-ring (bicyclic) bond motifs is 1. The third-order valence-electron chi connectivity index (χ3n) is 4.10. The summed E-state index contributed by atoms with van der Waals surface area (Å²) in [7, 11) is 2.04. The molecule has 126 valence electrons. The van der Waals surface area contributed by atoms with Crippen molar-refractivity contribution < 1.29 is 14.6 Å². The molecule has 1 aliphatic rings. The minimum atomic E-state index is -0.577. The fourth-order valence-corrected chi connectivity index (χ4v) is 2.79. The highest BCUT2D eigenvalue weighted by Gasteiger charge is 2.18. The van der Waals surface area contributed by atoms with Crippen molar-refractivity contribution in [2.45, 2.75) is 19.1 Å². The molecule has 0 saturated heterocycles. The van der Waals surface area contributed by atoms with Gasteiger partial charge in [0.15, 0.2) is 6.61 Å². The van der Waals surface area contributed by atoms with E-state index < -0.39 is 6.10 Å². The molecule has 2 aromatic carbocycles. The predicted molar refractivity (Wildman–Crippen MR) is 92.9 cm³/mol. The van der Waals surface area contributed by atoms with E-state index in [2.05, 4.69) is 22.3 Å². The summed E-state index contributed by atoms with van der Waals surface area (Å²) >= 11 is 0. The van der Waals surface area contributed by atoms with E-state index in [0.29, 0.717) is 17.9 Å². The molecule has 2 N–H and O–H groups in total. The SMILES string of the molecule is CN(CCC(O)c1ccc2c(c1)NC(=O)CO2)Cc1ccccc1. The van der Waals surface area contributed by atoms with Crippen LogP contribution in [0.3, 0.4) is 0 Å². The Morgan fingerprint density at radius 1 is 1.25 bits per heavy atom. The summed E-state index contributed by atoms with van der Waals surface area (Å²) in [5.74, 6) is 0.475. The number of ether oxygens (including phenoxy) is 1. The van der Waals surface area contributed by atoms with Crippen LogP contribution in [-0.4, -0.2) is 36.1 Å².